The minimum atomic E-state index is -4.82. The van der Waals surface area contributed by atoms with E-state index in [9.17, 15) is 55.2 Å². The van der Waals surface area contributed by atoms with Crippen molar-refractivity contribution in [3.63, 3.8) is 0 Å². The van der Waals surface area contributed by atoms with Crippen molar-refractivity contribution in [1.29, 1.82) is 0 Å². The first kappa shape index (κ1) is 35.3. The quantitative estimate of drug-likeness (QED) is 0.271. The molecule has 19 heteroatoms. The second-order valence-corrected chi connectivity index (χ2v) is 12.2. The maximum atomic E-state index is 14.0. The predicted molar refractivity (Wildman–Crippen MR) is 140 cm³/mol. The molecule has 1 saturated heterocycles. The number of carbonyl (C=O) groups is 1. The number of aliphatic hydroxyl groups excluding tert-OH is 2. The van der Waals surface area contributed by atoms with Gasteiger partial charge in [-0.25, -0.2) is 26.6 Å². The highest BCUT2D eigenvalue weighted by Gasteiger charge is 2.54. The molecule has 1 amide bonds. The highest BCUT2D eigenvalue weighted by atomic mass is 32.2. The fraction of sp³-hybridized carbons (Fsp3) is 0.654. The molecule has 1 aromatic heterocycles. The minimum absolute atomic E-state index is 0.176. The summed E-state index contributed by atoms with van der Waals surface area (Å²) in [4.78, 5) is 13.7. The maximum Gasteiger partial charge on any atom is 0.406 e. The molecule has 2 heterocycles. The first-order valence-electron chi connectivity index (χ1n) is 13.5. The molecule has 1 aliphatic heterocycles. The lowest BCUT2D eigenvalue weighted by Crippen LogP contribution is -2.59. The summed E-state index contributed by atoms with van der Waals surface area (Å²) in [5.41, 5.74) is -4.05. The van der Waals surface area contributed by atoms with Crippen LogP contribution in [0.4, 0.5) is 35.1 Å². The normalized spacial score (nSPS) is 27.3. The number of benzene rings is 1. The number of hydrogen-bond acceptors (Lipinski definition) is 9. The Hall–Kier alpha value is -2.58. The van der Waals surface area contributed by atoms with E-state index >= 15 is 0 Å². The van der Waals surface area contributed by atoms with Crippen LogP contribution < -0.4 is 0 Å². The highest BCUT2D eigenvalue weighted by molar-refractivity contribution is 8.01. The van der Waals surface area contributed by atoms with Gasteiger partial charge in [-0.3, -0.25) is 4.79 Å². The Balaban J connectivity index is 1.70. The van der Waals surface area contributed by atoms with Crippen molar-refractivity contribution in [3.05, 3.63) is 35.8 Å². The van der Waals surface area contributed by atoms with E-state index in [4.69, 9.17) is 9.47 Å². The van der Waals surface area contributed by atoms with Gasteiger partial charge in [0.2, 0.25) is 11.8 Å². The number of amides is 1. The van der Waals surface area contributed by atoms with Gasteiger partial charge in [0.1, 0.15) is 47.3 Å². The maximum absolute atomic E-state index is 14.0. The first-order valence-corrected chi connectivity index (χ1v) is 14.5. The zero-order chi connectivity index (χ0) is 33.5. The molecular formula is C26H30F8N4O6S. The monoisotopic (exact) mass is 678 g/mol. The number of nitrogens with zero attached hydrogens (tertiary/aromatic N) is 4. The average Bonchev–Trinajstić information content (AvgIpc) is 3.45. The number of ether oxygens (including phenoxy) is 2. The summed E-state index contributed by atoms with van der Waals surface area (Å²) in [6, 6.07) is -0.0278. The van der Waals surface area contributed by atoms with Crippen molar-refractivity contribution in [2.45, 2.75) is 78.4 Å². The summed E-state index contributed by atoms with van der Waals surface area (Å²) >= 11 is 0.469. The van der Waals surface area contributed by atoms with Gasteiger partial charge in [-0.15, -0.1) is 16.9 Å². The van der Waals surface area contributed by atoms with Crippen molar-refractivity contribution in [1.82, 2.24) is 19.9 Å². The van der Waals surface area contributed by atoms with Crippen molar-refractivity contribution in [2.24, 2.45) is 0 Å². The van der Waals surface area contributed by atoms with Gasteiger partial charge in [-0.05, 0) is 25.0 Å². The number of alkyl halides is 5. The standard InChI is InChI=1S/C26H30F8N4O6S/c1-37(11-26(32,33)34)22(41)21(24(42)3-5-25(30,31)6-4-24)45-23-20(43-2)18(19(40)16(10-39)44-23)38-9-15(35-36-38)12-7-13(27)17(29)14(28)8-12/h7-9,16,18-21,23,39-40,42H,3-6,10-11H2,1-2H3/t16-,18+,19+,20-,21?,23+/m1/s1. The van der Waals surface area contributed by atoms with Crippen LogP contribution in [0.15, 0.2) is 18.3 Å². The predicted octanol–water partition coefficient (Wildman–Crippen LogP) is 3.06. The van der Waals surface area contributed by atoms with Gasteiger partial charge in [0.15, 0.2) is 17.5 Å². The van der Waals surface area contributed by atoms with Crippen molar-refractivity contribution in [2.75, 3.05) is 27.3 Å². The molecule has 3 N–H and O–H groups in total. The third kappa shape index (κ3) is 7.70. The number of methoxy groups -OCH3 is 1. The largest absolute Gasteiger partial charge is 0.406 e. The van der Waals surface area contributed by atoms with Gasteiger partial charge in [0, 0.05) is 32.6 Å². The molecule has 252 valence electrons. The Kier molecular flexibility index (Phi) is 10.4. The van der Waals surface area contributed by atoms with Crippen LogP contribution in [0.2, 0.25) is 0 Å². The van der Waals surface area contributed by atoms with E-state index in [1.807, 2.05) is 0 Å². The molecule has 0 bridgehead atoms. The SMILES string of the molecule is CO[C@@H]1[C@@H](n2cc(-c3cc(F)c(F)c(F)c3)nn2)[C@@H](O)[C@@H](CO)O[C@H]1SC(C(=O)N(C)CC(F)(F)F)C1(O)CCC(F)(F)CC1. The number of aromatic nitrogens is 3. The van der Waals surface area contributed by atoms with Crippen LogP contribution in [0.3, 0.4) is 0 Å². The van der Waals surface area contributed by atoms with Crippen LogP contribution in [-0.2, 0) is 14.3 Å². The third-order valence-electron chi connectivity index (χ3n) is 7.81. The number of thioether (sulfide) groups is 1. The molecule has 2 aromatic rings. The minimum Gasteiger partial charge on any atom is -0.394 e. The number of hydrogen-bond donors (Lipinski definition) is 3. The molecule has 1 aromatic carbocycles. The Morgan fingerprint density at radius 2 is 1.80 bits per heavy atom. The summed E-state index contributed by atoms with van der Waals surface area (Å²) in [7, 11) is 1.98. The highest BCUT2D eigenvalue weighted by Crippen LogP contribution is 2.47. The molecule has 4 rings (SSSR count). The lowest BCUT2D eigenvalue weighted by Gasteiger charge is -2.47. The van der Waals surface area contributed by atoms with Crippen molar-refractivity contribution in [3.8, 4) is 11.3 Å². The fourth-order valence-electron chi connectivity index (χ4n) is 5.39. The molecule has 2 fully saturated rings. The lowest BCUT2D eigenvalue weighted by atomic mass is 9.80. The van der Waals surface area contributed by atoms with E-state index in [1.54, 1.807) is 0 Å². The molecule has 1 saturated carbocycles. The Morgan fingerprint density at radius 3 is 2.33 bits per heavy atom. The summed E-state index contributed by atoms with van der Waals surface area (Å²) in [6.07, 6.45) is -11.1. The van der Waals surface area contributed by atoms with Gasteiger partial charge in [0.25, 0.3) is 0 Å². The van der Waals surface area contributed by atoms with Gasteiger partial charge < -0.3 is 29.7 Å². The molecular weight excluding hydrogens is 648 g/mol. The number of aliphatic hydroxyl groups is 3. The molecule has 45 heavy (non-hydrogen) atoms. The van der Waals surface area contributed by atoms with E-state index in [1.165, 1.54) is 0 Å². The Labute approximate surface area is 255 Å². The van der Waals surface area contributed by atoms with E-state index in [0.717, 1.165) is 25.0 Å². The average molecular weight is 679 g/mol. The summed E-state index contributed by atoms with van der Waals surface area (Å²) < 4.78 is 121. The van der Waals surface area contributed by atoms with Gasteiger partial charge in [-0.2, -0.15) is 13.2 Å². The molecule has 10 nitrogen and oxygen atoms in total. The van der Waals surface area contributed by atoms with Crippen LogP contribution >= 0.6 is 11.8 Å². The van der Waals surface area contributed by atoms with Crippen molar-refractivity contribution < 1.29 is 64.7 Å². The third-order valence-corrected chi connectivity index (χ3v) is 9.37. The topological polar surface area (TPSA) is 130 Å². The molecule has 1 aliphatic carbocycles. The van der Waals surface area contributed by atoms with Gasteiger partial charge >= 0.3 is 6.18 Å². The second kappa shape index (κ2) is 13.3. The van der Waals surface area contributed by atoms with Crippen LogP contribution in [0.5, 0.6) is 0 Å². The van der Waals surface area contributed by atoms with Crippen LogP contribution in [0.1, 0.15) is 31.7 Å². The van der Waals surface area contributed by atoms with E-state index in [2.05, 4.69) is 10.3 Å². The summed E-state index contributed by atoms with van der Waals surface area (Å²) in [5.74, 6) is -9.15. The summed E-state index contributed by atoms with van der Waals surface area (Å²) in [6.45, 7) is -2.54. The van der Waals surface area contributed by atoms with Crippen LogP contribution in [-0.4, -0.2) is 115 Å². The fourth-order valence-corrected chi connectivity index (χ4v) is 7.08. The molecule has 1 unspecified atom stereocenters. The lowest BCUT2D eigenvalue weighted by molar-refractivity contribution is -0.187. The van der Waals surface area contributed by atoms with Crippen LogP contribution in [0.25, 0.3) is 11.3 Å². The Bertz CT molecular complexity index is 1330. The number of carbonyl (C=O) groups excluding carboxylic acids is 1. The van der Waals surface area contributed by atoms with Crippen molar-refractivity contribution >= 4 is 17.7 Å². The molecule has 0 spiro atoms. The second-order valence-electron chi connectivity index (χ2n) is 11.0. The number of halogens is 8. The van der Waals surface area contributed by atoms with E-state index in [-0.39, 0.29) is 11.3 Å². The Morgan fingerprint density at radius 1 is 1.20 bits per heavy atom. The van der Waals surface area contributed by atoms with Gasteiger partial charge in [0.05, 0.1) is 18.4 Å². The number of rotatable bonds is 9. The zero-order valence-electron chi connectivity index (χ0n) is 23.7. The first-order chi connectivity index (χ1) is 20.9. The molecule has 6 atom stereocenters. The smallest absolute Gasteiger partial charge is 0.394 e. The van der Waals surface area contributed by atoms with Crippen LogP contribution in [0, 0.1) is 17.5 Å². The zero-order valence-corrected chi connectivity index (χ0v) is 24.5. The molecule has 2 aliphatic rings. The molecule has 0 radical (unpaired) electrons. The van der Waals surface area contributed by atoms with Gasteiger partial charge in [-0.1, -0.05) is 5.21 Å². The summed E-state index contributed by atoms with van der Waals surface area (Å²) in [5, 5.41) is 38.3. The van der Waals surface area contributed by atoms with E-state index < -0.39 is 115 Å². The van der Waals surface area contributed by atoms with E-state index in [0.29, 0.717) is 28.8 Å².